The number of hydrogen-bond donors (Lipinski definition) is 0. The molecule has 8 unspecified atom stereocenters. The number of aromatic nitrogens is 1. The summed E-state index contributed by atoms with van der Waals surface area (Å²) in [6.45, 7) is 6.41. The molecule has 0 bridgehead atoms. The second-order valence-corrected chi connectivity index (χ2v) is 12.1. The zero-order valence-electron chi connectivity index (χ0n) is 19.3. The number of nitrogens with zero attached hydrogens (tertiary/aromatic N) is 1. The lowest BCUT2D eigenvalue weighted by Crippen LogP contribution is -2.49. The van der Waals surface area contributed by atoms with Crippen LogP contribution in [0.4, 0.5) is 0 Å². The lowest BCUT2D eigenvalue weighted by molar-refractivity contribution is -0.122. The van der Waals surface area contributed by atoms with Gasteiger partial charge in [-0.05, 0) is 130 Å². The van der Waals surface area contributed by atoms with Gasteiger partial charge in [-0.3, -0.25) is 4.79 Å². The van der Waals surface area contributed by atoms with Gasteiger partial charge in [-0.25, -0.2) is 4.98 Å². The van der Waals surface area contributed by atoms with Gasteiger partial charge in [0.1, 0.15) is 5.03 Å². The molecular weight excluding hydrogens is 402 g/mol. The highest BCUT2D eigenvalue weighted by molar-refractivity contribution is 8.13. The lowest BCUT2D eigenvalue weighted by Gasteiger charge is -2.56. The molecule has 4 aliphatic carbocycles. The number of ether oxygens (including phenoxy) is 1. The van der Waals surface area contributed by atoms with Crippen molar-refractivity contribution in [1.29, 1.82) is 0 Å². The summed E-state index contributed by atoms with van der Waals surface area (Å²) in [5.74, 6) is 5.42. The Morgan fingerprint density at radius 2 is 1.97 bits per heavy atom. The van der Waals surface area contributed by atoms with Gasteiger partial charge >= 0.3 is 0 Å². The van der Waals surface area contributed by atoms with Crippen LogP contribution in [0.15, 0.2) is 29.4 Å². The lowest BCUT2D eigenvalue weighted by atomic mass is 9.49. The van der Waals surface area contributed by atoms with Crippen LogP contribution in [0.1, 0.15) is 71.6 Å². The van der Waals surface area contributed by atoms with Gasteiger partial charge in [0, 0.05) is 25.3 Å². The molecule has 4 heteroatoms. The van der Waals surface area contributed by atoms with Crippen molar-refractivity contribution in [2.75, 3.05) is 13.2 Å². The zero-order valence-corrected chi connectivity index (χ0v) is 20.1. The van der Waals surface area contributed by atoms with Crippen LogP contribution in [0.2, 0.25) is 0 Å². The third kappa shape index (κ3) is 4.12. The monoisotopic (exact) mass is 441 g/mol. The van der Waals surface area contributed by atoms with Gasteiger partial charge in [0.15, 0.2) is 5.12 Å². The van der Waals surface area contributed by atoms with Crippen molar-refractivity contribution in [3.8, 4) is 0 Å². The number of carbonyl (C=O) groups excluding carboxylic acids is 1. The number of hydrogen-bond acceptors (Lipinski definition) is 4. The fourth-order valence-corrected chi connectivity index (χ4v) is 9.35. The van der Waals surface area contributed by atoms with Crippen molar-refractivity contribution in [2.24, 2.45) is 46.8 Å². The molecule has 31 heavy (non-hydrogen) atoms. The fourth-order valence-electron chi connectivity index (χ4n) is 8.36. The summed E-state index contributed by atoms with van der Waals surface area (Å²) in [5, 5.41) is 1.23. The maximum absolute atomic E-state index is 13.3. The van der Waals surface area contributed by atoms with Crippen LogP contribution >= 0.6 is 11.8 Å². The van der Waals surface area contributed by atoms with E-state index in [0.29, 0.717) is 5.12 Å². The molecule has 4 fully saturated rings. The minimum atomic E-state index is 0.207. The van der Waals surface area contributed by atoms with E-state index in [4.69, 9.17) is 4.74 Å². The minimum absolute atomic E-state index is 0.207. The average molecular weight is 442 g/mol. The van der Waals surface area contributed by atoms with E-state index in [-0.39, 0.29) is 11.3 Å². The number of thioether (sulfide) groups is 1. The molecule has 4 aliphatic rings. The summed E-state index contributed by atoms with van der Waals surface area (Å²) < 4.78 is 5.77. The Labute approximate surface area is 192 Å². The maximum Gasteiger partial charge on any atom is 0.198 e. The van der Waals surface area contributed by atoms with Crippen molar-refractivity contribution in [3.63, 3.8) is 0 Å². The fraction of sp³-hybridized carbons (Fsp3) is 0.778. The molecule has 0 aromatic carbocycles. The van der Waals surface area contributed by atoms with E-state index in [1.54, 1.807) is 6.20 Å². The highest BCUT2D eigenvalue weighted by Crippen LogP contribution is 2.65. The zero-order chi connectivity index (χ0) is 21.4. The van der Waals surface area contributed by atoms with Gasteiger partial charge in [-0.1, -0.05) is 13.0 Å². The van der Waals surface area contributed by atoms with E-state index in [1.807, 2.05) is 18.2 Å². The second-order valence-electron chi connectivity index (χ2n) is 11.0. The van der Waals surface area contributed by atoms with Crippen molar-refractivity contribution in [3.05, 3.63) is 24.4 Å². The van der Waals surface area contributed by atoms with E-state index in [9.17, 15) is 4.79 Å². The Hall–Kier alpha value is -0.870. The highest BCUT2D eigenvalue weighted by atomic mass is 32.2. The molecule has 3 nitrogen and oxygen atoms in total. The molecule has 0 saturated heterocycles. The topological polar surface area (TPSA) is 39.2 Å². The molecule has 0 spiro atoms. The van der Waals surface area contributed by atoms with Crippen LogP contribution < -0.4 is 0 Å². The van der Waals surface area contributed by atoms with Crippen molar-refractivity contribution in [2.45, 2.75) is 76.7 Å². The van der Waals surface area contributed by atoms with Crippen molar-refractivity contribution < 1.29 is 9.53 Å². The third-order valence-electron chi connectivity index (χ3n) is 9.75. The molecule has 1 aromatic rings. The number of rotatable bonds is 5. The summed E-state index contributed by atoms with van der Waals surface area (Å²) in [6, 6.07) is 5.87. The van der Waals surface area contributed by atoms with E-state index in [2.05, 4.69) is 18.8 Å². The summed E-state index contributed by atoms with van der Waals surface area (Å²) in [5.41, 5.74) is 0.207. The normalized spacial score (nSPS) is 41.8. The molecule has 1 aromatic heterocycles. The van der Waals surface area contributed by atoms with Crippen LogP contribution in [0.25, 0.3) is 0 Å². The van der Waals surface area contributed by atoms with Crippen LogP contribution in [0.5, 0.6) is 0 Å². The molecule has 1 heterocycles. The predicted octanol–water partition coefficient (Wildman–Crippen LogP) is 6.62. The van der Waals surface area contributed by atoms with Crippen LogP contribution in [0.3, 0.4) is 0 Å². The first-order chi connectivity index (χ1) is 15.1. The minimum Gasteiger partial charge on any atom is -0.381 e. The van der Waals surface area contributed by atoms with E-state index in [0.717, 1.165) is 60.2 Å². The quantitative estimate of drug-likeness (QED) is 0.481. The summed E-state index contributed by atoms with van der Waals surface area (Å²) in [7, 11) is 0. The summed E-state index contributed by atoms with van der Waals surface area (Å²) >= 11 is 1.39. The molecule has 0 N–H and O–H groups in total. The van der Waals surface area contributed by atoms with Gasteiger partial charge in [0.05, 0.1) is 0 Å². The van der Waals surface area contributed by atoms with Gasteiger partial charge in [0.25, 0.3) is 0 Å². The molecule has 5 rings (SSSR count). The van der Waals surface area contributed by atoms with Crippen LogP contribution in [-0.2, 0) is 9.53 Å². The molecular formula is C27H39NO2S. The van der Waals surface area contributed by atoms with Crippen molar-refractivity contribution >= 4 is 16.9 Å². The first-order valence-electron chi connectivity index (χ1n) is 12.8. The van der Waals surface area contributed by atoms with Gasteiger partial charge in [-0.15, -0.1) is 0 Å². The molecule has 170 valence electrons. The molecule has 0 aliphatic heterocycles. The molecule has 0 radical (unpaired) electrons. The highest BCUT2D eigenvalue weighted by Gasteiger charge is 2.58. The first kappa shape index (κ1) is 21.9. The standard InChI is InChI=1S/C27H39NO2S/c1-3-30-17-18-7-9-20-19(16-18)8-10-22-21(20)13-14-27(2)23(22)11-12-24(27)26(29)31-25-6-4-5-15-28-25/h4-6,15,18-24H,3,7-14,16-17H2,1-2H3. The van der Waals surface area contributed by atoms with Gasteiger partial charge in [0.2, 0.25) is 0 Å². The Bertz CT molecular complexity index is 770. The van der Waals surface area contributed by atoms with Gasteiger partial charge < -0.3 is 4.74 Å². The molecule has 8 atom stereocenters. The largest absolute Gasteiger partial charge is 0.381 e. The first-order valence-corrected chi connectivity index (χ1v) is 13.6. The Morgan fingerprint density at radius 1 is 1.10 bits per heavy atom. The molecule has 4 saturated carbocycles. The van der Waals surface area contributed by atoms with E-state index < -0.39 is 0 Å². The number of pyridine rings is 1. The van der Waals surface area contributed by atoms with E-state index in [1.165, 1.54) is 63.1 Å². The van der Waals surface area contributed by atoms with E-state index >= 15 is 0 Å². The van der Waals surface area contributed by atoms with Gasteiger partial charge in [-0.2, -0.15) is 0 Å². The van der Waals surface area contributed by atoms with Crippen molar-refractivity contribution in [1.82, 2.24) is 4.98 Å². The number of fused-ring (bicyclic) bond motifs is 5. The Balaban J connectivity index is 1.25. The second kappa shape index (κ2) is 9.17. The molecule has 0 amide bonds. The SMILES string of the molecule is CCOCC1CCC2C(CCC3C2CCC2(C)C(C(=O)Sc4ccccn4)CCC32)C1. The average Bonchev–Trinajstić information content (AvgIpc) is 3.15. The predicted molar refractivity (Wildman–Crippen MR) is 126 cm³/mol. The van der Waals surface area contributed by atoms with Crippen LogP contribution in [-0.4, -0.2) is 23.3 Å². The maximum atomic E-state index is 13.3. The Kier molecular flexibility index (Phi) is 6.49. The summed E-state index contributed by atoms with van der Waals surface area (Å²) in [4.78, 5) is 17.7. The number of carbonyl (C=O) groups is 1. The van der Waals surface area contributed by atoms with Crippen LogP contribution in [0, 0.1) is 46.8 Å². The Morgan fingerprint density at radius 3 is 2.77 bits per heavy atom. The summed E-state index contributed by atoms with van der Waals surface area (Å²) in [6.07, 6.45) is 13.8. The third-order valence-corrected chi connectivity index (χ3v) is 10.7. The smallest absolute Gasteiger partial charge is 0.198 e.